The van der Waals surface area contributed by atoms with Crippen molar-refractivity contribution in [3.8, 4) is 0 Å². The van der Waals surface area contributed by atoms with E-state index in [9.17, 15) is 8.42 Å². The molecule has 1 unspecified atom stereocenters. The summed E-state index contributed by atoms with van der Waals surface area (Å²) < 4.78 is 22.7. The Hall–Kier alpha value is -0.870. The Morgan fingerprint density at radius 2 is 2.06 bits per heavy atom. The largest absolute Gasteiger partial charge is 0.312 e. The van der Waals surface area contributed by atoms with E-state index in [-0.39, 0.29) is 0 Å². The molecule has 0 saturated carbocycles. The molecule has 3 nitrogen and oxygen atoms in total. The first-order valence-corrected chi connectivity index (χ1v) is 8.26. The number of sulfone groups is 1. The molecule has 1 aliphatic heterocycles. The van der Waals surface area contributed by atoms with Crippen molar-refractivity contribution in [3.05, 3.63) is 34.9 Å². The van der Waals surface area contributed by atoms with Crippen LogP contribution in [0.4, 0.5) is 0 Å². The number of nitrogens with one attached hydrogen (secondary N) is 1. The molecule has 0 bridgehead atoms. The smallest absolute Gasteiger partial charge is 0.150 e. The minimum Gasteiger partial charge on any atom is -0.312 e. The predicted molar refractivity (Wildman–Crippen MR) is 74.4 cm³/mol. The van der Waals surface area contributed by atoms with Crippen molar-refractivity contribution in [2.45, 2.75) is 26.8 Å². The van der Waals surface area contributed by atoms with Gasteiger partial charge >= 0.3 is 0 Å². The number of aryl methyl sites for hydroxylation is 2. The maximum atomic E-state index is 11.3. The zero-order chi connectivity index (χ0) is 13.2. The molecule has 1 aromatic carbocycles. The normalized spacial score (nSPS) is 22.2. The van der Waals surface area contributed by atoms with Crippen LogP contribution in [-0.2, 0) is 16.4 Å². The lowest BCUT2D eigenvalue weighted by atomic mass is 10.1. The van der Waals surface area contributed by atoms with Crippen LogP contribution in [0.25, 0.3) is 0 Å². The second kappa shape index (κ2) is 5.41. The summed E-state index contributed by atoms with van der Waals surface area (Å²) >= 11 is 0. The van der Waals surface area contributed by atoms with Gasteiger partial charge in [0, 0.05) is 6.54 Å². The summed E-state index contributed by atoms with van der Waals surface area (Å²) in [5, 5.41) is 3.36. The Kier molecular flexibility index (Phi) is 4.07. The third-order valence-electron chi connectivity index (χ3n) is 3.66. The van der Waals surface area contributed by atoms with Gasteiger partial charge in [-0.15, -0.1) is 0 Å². The quantitative estimate of drug-likeness (QED) is 0.905. The van der Waals surface area contributed by atoms with E-state index in [4.69, 9.17) is 0 Å². The molecule has 1 aliphatic rings. The van der Waals surface area contributed by atoms with Crippen LogP contribution >= 0.6 is 0 Å². The third-order valence-corrected chi connectivity index (χ3v) is 5.50. The maximum Gasteiger partial charge on any atom is 0.150 e. The van der Waals surface area contributed by atoms with Crippen LogP contribution in [0.1, 0.15) is 23.1 Å². The summed E-state index contributed by atoms with van der Waals surface area (Å²) in [5.41, 5.74) is 3.87. The molecule has 1 saturated heterocycles. The van der Waals surface area contributed by atoms with E-state index < -0.39 is 9.84 Å². The van der Waals surface area contributed by atoms with Gasteiger partial charge in [0.25, 0.3) is 0 Å². The Morgan fingerprint density at radius 1 is 1.28 bits per heavy atom. The van der Waals surface area contributed by atoms with Crippen LogP contribution < -0.4 is 5.32 Å². The molecular formula is C14H21NO2S. The summed E-state index contributed by atoms with van der Waals surface area (Å²) in [6, 6.07) is 6.45. The third kappa shape index (κ3) is 3.56. The first-order valence-electron chi connectivity index (χ1n) is 6.43. The zero-order valence-electron chi connectivity index (χ0n) is 11.1. The summed E-state index contributed by atoms with van der Waals surface area (Å²) in [4.78, 5) is 0. The standard InChI is InChI=1S/C14H21NO2S/c1-11-3-4-13(7-12(11)2)8-15-9-14-5-6-18(16,17)10-14/h3-4,7,14-15H,5-6,8-10H2,1-2H3. The van der Waals surface area contributed by atoms with E-state index in [1.807, 2.05) is 0 Å². The van der Waals surface area contributed by atoms with Crippen molar-refractivity contribution in [2.75, 3.05) is 18.1 Å². The molecule has 2 rings (SSSR count). The molecule has 1 aromatic rings. The second-order valence-corrected chi connectivity index (χ2v) is 7.55. The molecule has 1 fully saturated rings. The minimum absolute atomic E-state index is 0.293. The van der Waals surface area contributed by atoms with Gasteiger partial charge in [-0.3, -0.25) is 0 Å². The van der Waals surface area contributed by atoms with E-state index in [0.717, 1.165) is 19.5 Å². The number of hydrogen-bond donors (Lipinski definition) is 1. The van der Waals surface area contributed by atoms with Crippen molar-refractivity contribution < 1.29 is 8.42 Å². The van der Waals surface area contributed by atoms with Crippen molar-refractivity contribution in [1.82, 2.24) is 5.32 Å². The molecule has 0 radical (unpaired) electrons. The van der Waals surface area contributed by atoms with Gasteiger partial charge in [0.2, 0.25) is 0 Å². The SMILES string of the molecule is Cc1ccc(CNCC2CCS(=O)(=O)C2)cc1C. The maximum absolute atomic E-state index is 11.3. The van der Waals surface area contributed by atoms with Crippen molar-refractivity contribution >= 4 is 9.84 Å². The van der Waals surface area contributed by atoms with Crippen LogP contribution in [0.5, 0.6) is 0 Å². The highest BCUT2D eigenvalue weighted by atomic mass is 32.2. The molecule has 1 atom stereocenters. The highest BCUT2D eigenvalue weighted by Gasteiger charge is 2.27. The fourth-order valence-corrected chi connectivity index (χ4v) is 4.23. The molecule has 1 N–H and O–H groups in total. The molecule has 1 heterocycles. The first-order chi connectivity index (χ1) is 8.46. The van der Waals surface area contributed by atoms with Gasteiger partial charge in [0.05, 0.1) is 11.5 Å². The van der Waals surface area contributed by atoms with Crippen LogP contribution in [-0.4, -0.2) is 26.5 Å². The van der Waals surface area contributed by atoms with Crippen molar-refractivity contribution in [3.63, 3.8) is 0 Å². The monoisotopic (exact) mass is 267 g/mol. The highest BCUT2D eigenvalue weighted by molar-refractivity contribution is 7.91. The Bertz CT molecular complexity index is 523. The Labute approximate surface area is 110 Å². The van der Waals surface area contributed by atoms with E-state index >= 15 is 0 Å². The summed E-state index contributed by atoms with van der Waals surface area (Å²) in [6.45, 7) is 5.84. The lowest BCUT2D eigenvalue weighted by molar-refractivity contribution is 0.521. The second-order valence-electron chi connectivity index (χ2n) is 5.32. The van der Waals surface area contributed by atoms with Crippen LogP contribution in [0, 0.1) is 19.8 Å². The lowest BCUT2D eigenvalue weighted by Crippen LogP contribution is -2.23. The molecular weight excluding hydrogens is 246 g/mol. The van der Waals surface area contributed by atoms with Crippen molar-refractivity contribution in [2.24, 2.45) is 5.92 Å². The van der Waals surface area contributed by atoms with Gasteiger partial charge in [0.15, 0.2) is 9.84 Å². The predicted octanol–water partition coefficient (Wildman–Crippen LogP) is 1.83. The van der Waals surface area contributed by atoms with Gasteiger partial charge in [-0.1, -0.05) is 18.2 Å². The molecule has 0 aromatic heterocycles. The summed E-state index contributed by atoms with van der Waals surface area (Å²) in [6.07, 6.45) is 0.808. The van der Waals surface area contributed by atoms with Gasteiger partial charge in [-0.2, -0.15) is 0 Å². The van der Waals surface area contributed by atoms with Crippen LogP contribution in [0.2, 0.25) is 0 Å². The fraction of sp³-hybridized carbons (Fsp3) is 0.571. The highest BCUT2D eigenvalue weighted by Crippen LogP contribution is 2.17. The molecule has 100 valence electrons. The van der Waals surface area contributed by atoms with Gasteiger partial charge in [0.1, 0.15) is 0 Å². The van der Waals surface area contributed by atoms with Crippen molar-refractivity contribution in [1.29, 1.82) is 0 Å². The Balaban J connectivity index is 1.80. The topological polar surface area (TPSA) is 46.2 Å². The van der Waals surface area contributed by atoms with Crippen LogP contribution in [0.15, 0.2) is 18.2 Å². The number of rotatable bonds is 4. The average Bonchev–Trinajstić information content (AvgIpc) is 2.63. The fourth-order valence-electron chi connectivity index (χ4n) is 2.37. The van der Waals surface area contributed by atoms with E-state index in [1.54, 1.807) is 0 Å². The van der Waals surface area contributed by atoms with Gasteiger partial charge < -0.3 is 5.32 Å². The summed E-state index contributed by atoms with van der Waals surface area (Å²) in [7, 11) is -2.74. The van der Waals surface area contributed by atoms with E-state index in [2.05, 4.69) is 37.4 Å². The summed E-state index contributed by atoms with van der Waals surface area (Å²) in [5.74, 6) is 1.01. The van der Waals surface area contributed by atoms with Gasteiger partial charge in [-0.05, 0) is 49.4 Å². The van der Waals surface area contributed by atoms with E-state index in [0.29, 0.717) is 17.4 Å². The van der Waals surface area contributed by atoms with E-state index in [1.165, 1.54) is 16.7 Å². The minimum atomic E-state index is -2.74. The zero-order valence-corrected chi connectivity index (χ0v) is 11.9. The van der Waals surface area contributed by atoms with Crippen LogP contribution in [0.3, 0.4) is 0 Å². The van der Waals surface area contributed by atoms with Gasteiger partial charge in [-0.25, -0.2) is 8.42 Å². The molecule has 4 heteroatoms. The Morgan fingerprint density at radius 3 is 2.67 bits per heavy atom. The molecule has 0 amide bonds. The number of hydrogen-bond acceptors (Lipinski definition) is 3. The molecule has 18 heavy (non-hydrogen) atoms. The first kappa shape index (κ1) is 13.6. The molecule has 0 aliphatic carbocycles. The average molecular weight is 267 g/mol. The lowest BCUT2D eigenvalue weighted by Gasteiger charge is -2.10. The molecule has 0 spiro atoms. The number of benzene rings is 1.